The number of nitrogens with zero attached hydrogens (tertiary/aromatic N) is 1. The van der Waals surface area contributed by atoms with Crippen molar-refractivity contribution >= 4 is 11.8 Å². The highest BCUT2D eigenvalue weighted by Crippen LogP contribution is 2.28. The number of amides is 2. The summed E-state index contributed by atoms with van der Waals surface area (Å²) in [5, 5.41) is 14.3. The second-order valence-corrected chi connectivity index (χ2v) is 5.58. The molecule has 1 aromatic rings. The Hall–Kier alpha value is -2.49. The van der Waals surface area contributed by atoms with E-state index in [1.165, 1.54) is 0 Å². The van der Waals surface area contributed by atoms with Gasteiger partial charge in [-0.15, -0.1) is 0 Å². The van der Waals surface area contributed by atoms with E-state index >= 15 is 0 Å². The lowest BCUT2D eigenvalue weighted by molar-refractivity contribution is -0.122. The summed E-state index contributed by atoms with van der Waals surface area (Å²) in [6, 6.07) is 4.80. The van der Waals surface area contributed by atoms with Gasteiger partial charge in [-0.2, -0.15) is 5.26 Å². The van der Waals surface area contributed by atoms with Gasteiger partial charge in [0.05, 0.1) is 11.6 Å². The molecule has 0 radical (unpaired) electrons. The van der Waals surface area contributed by atoms with Crippen molar-refractivity contribution in [2.75, 3.05) is 6.54 Å². The Morgan fingerprint density at radius 2 is 1.96 bits per heavy atom. The summed E-state index contributed by atoms with van der Waals surface area (Å²) in [7, 11) is 0. The molecule has 0 spiro atoms. The van der Waals surface area contributed by atoms with Crippen LogP contribution in [0.1, 0.15) is 42.5 Å². The van der Waals surface area contributed by atoms with E-state index in [-0.39, 0.29) is 24.4 Å². The number of nitrogens with one attached hydrogen (secondary N) is 2. The van der Waals surface area contributed by atoms with Crippen LogP contribution in [0, 0.1) is 23.0 Å². The molecule has 2 amide bonds. The van der Waals surface area contributed by atoms with Crippen LogP contribution in [0.2, 0.25) is 0 Å². The lowest BCUT2D eigenvalue weighted by Crippen LogP contribution is -2.46. The summed E-state index contributed by atoms with van der Waals surface area (Å²) in [5.41, 5.74) is -1.08. The Labute approximate surface area is 132 Å². The highest BCUT2D eigenvalue weighted by molar-refractivity contribution is 5.94. The standard InChI is InChI=1S/C16H17F2N3O2/c17-11-3-4-12(13(18)9-11)15(23)20-8-5-14(22)21-16(10-19)6-1-2-7-16/h3-4,9H,1-2,5-8H2,(H,20,23)(H,21,22). The van der Waals surface area contributed by atoms with Crippen LogP contribution in [0.3, 0.4) is 0 Å². The van der Waals surface area contributed by atoms with Gasteiger partial charge < -0.3 is 10.6 Å². The zero-order chi connectivity index (χ0) is 16.9. The SMILES string of the molecule is N#CC1(NC(=O)CCNC(=O)c2ccc(F)cc2F)CCCC1. The van der Waals surface area contributed by atoms with Crippen molar-refractivity contribution in [3.63, 3.8) is 0 Å². The number of carbonyl (C=O) groups is 2. The number of hydrogen-bond donors (Lipinski definition) is 2. The molecule has 0 unspecified atom stereocenters. The summed E-state index contributed by atoms with van der Waals surface area (Å²) in [4.78, 5) is 23.6. The largest absolute Gasteiger partial charge is 0.351 e. The minimum atomic E-state index is -0.957. The lowest BCUT2D eigenvalue weighted by atomic mass is 10.00. The van der Waals surface area contributed by atoms with Crippen molar-refractivity contribution in [2.24, 2.45) is 0 Å². The van der Waals surface area contributed by atoms with Crippen molar-refractivity contribution < 1.29 is 18.4 Å². The fourth-order valence-electron chi connectivity index (χ4n) is 2.63. The molecule has 7 heteroatoms. The molecule has 1 aromatic carbocycles. The van der Waals surface area contributed by atoms with Gasteiger partial charge in [-0.3, -0.25) is 9.59 Å². The van der Waals surface area contributed by atoms with Crippen LogP contribution < -0.4 is 10.6 Å². The third-order valence-corrected chi connectivity index (χ3v) is 3.86. The molecule has 1 aliphatic rings. The molecule has 0 aromatic heterocycles. The van der Waals surface area contributed by atoms with Crippen molar-refractivity contribution in [2.45, 2.75) is 37.6 Å². The van der Waals surface area contributed by atoms with Crippen LogP contribution in [-0.2, 0) is 4.79 Å². The monoisotopic (exact) mass is 321 g/mol. The first-order valence-electron chi connectivity index (χ1n) is 7.41. The molecular formula is C16H17F2N3O2. The number of hydrogen-bond acceptors (Lipinski definition) is 3. The van der Waals surface area contributed by atoms with E-state index in [1.54, 1.807) is 0 Å². The molecule has 5 nitrogen and oxygen atoms in total. The van der Waals surface area contributed by atoms with Gasteiger partial charge in [-0.05, 0) is 37.8 Å². The van der Waals surface area contributed by atoms with Crippen molar-refractivity contribution in [1.29, 1.82) is 5.26 Å². The van der Waals surface area contributed by atoms with Gasteiger partial charge in [0.2, 0.25) is 5.91 Å². The molecule has 2 N–H and O–H groups in total. The van der Waals surface area contributed by atoms with E-state index in [9.17, 15) is 23.6 Å². The number of benzene rings is 1. The predicted octanol–water partition coefficient (Wildman–Crippen LogP) is 2.04. The van der Waals surface area contributed by atoms with Gasteiger partial charge in [0.15, 0.2) is 0 Å². The summed E-state index contributed by atoms with van der Waals surface area (Å²) in [6.07, 6.45) is 3.03. The van der Waals surface area contributed by atoms with Gasteiger partial charge in [-0.1, -0.05) is 0 Å². The van der Waals surface area contributed by atoms with Crippen LogP contribution in [0.4, 0.5) is 8.78 Å². The summed E-state index contributed by atoms with van der Waals surface area (Å²) in [5.74, 6) is -2.78. The molecule has 1 saturated carbocycles. The molecule has 0 saturated heterocycles. The normalized spacial score (nSPS) is 15.7. The average molecular weight is 321 g/mol. The molecule has 2 rings (SSSR count). The maximum absolute atomic E-state index is 13.4. The summed E-state index contributed by atoms with van der Waals surface area (Å²) >= 11 is 0. The van der Waals surface area contributed by atoms with Crippen molar-refractivity contribution in [1.82, 2.24) is 10.6 Å². The van der Waals surface area contributed by atoms with E-state index in [4.69, 9.17) is 0 Å². The summed E-state index contributed by atoms with van der Waals surface area (Å²) in [6.45, 7) is 0.00297. The third-order valence-electron chi connectivity index (χ3n) is 3.86. The predicted molar refractivity (Wildman–Crippen MR) is 78.3 cm³/mol. The first kappa shape index (κ1) is 16.9. The van der Waals surface area contributed by atoms with Crippen molar-refractivity contribution in [3.8, 4) is 6.07 Å². The van der Waals surface area contributed by atoms with Crippen LogP contribution in [0.25, 0.3) is 0 Å². The molecule has 1 aliphatic carbocycles. The Morgan fingerprint density at radius 3 is 2.57 bits per heavy atom. The maximum Gasteiger partial charge on any atom is 0.254 e. The molecule has 122 valence electrons. The Bertz CT molecular complexity index is 649. The zero-order valence-corrected chi connectivity index (χ0v) is 12.5. The van der Waals surface area contributed by atoms with E-state index < -0.39 is 23.1 Å². The van der Waals surface area contributed by atoms with Gasteiger partial charge in [0.1, 0.15) is 17.2 Å². The Morgan fingerprint density at radius 1 is 1.26 bits per heavy atom. The molecule has 1 fully saturated rings. The smallest absolute Gasteiger partial charge is 0.254 e. The lowest BCUT2D eigenvalue weighted by Gasteiger charge is -2.21. The second kappa shape index (κ2) is 7.18. The Kier molecular flexibility index (Phi) is 5.27. The summed E-state index contributed by atoms with van der Waals surface area (Å²) < 4.78 is 26.2. The van der Waals surface area contributed by atoms with Gasteiger partial charge >= 0.3 is 0 Å². The fourth-order valence-corrected chi connectivity index (χ4v) is 2.63. The first-order valence-corrected chi connectivity index (χ1v) is 7.41. The van der Waals surface area contributed by atoms with Crippen LogP contribution in [0.5, 0.6) is 0 Å². The minimum absolute atomic E-state index is 0.00297. The van der Waals surface area contributed by atoms with Crippen LogP contribution in [-0.4, -0.2) is 23.9 Å². The topological polar surface area (TPSA) is 82.0 Å². The van der Waals surface area contributed by atoms with E-state index in [0.29, 0.717) is 18.9 Å². The van der Waals surface area contributed by atoms with Gasteiger partial charge in [0, 0.05) is 19.0 Å². The number of rotatable bonds is 5. The minimum Gasteiger partial charge on any atom is -0.351 e. The highest BCUT2D eigenvalue weighted by atomic mass is 19.1. The number of halogens is 2. The molecular weight excluding hydrogens is 304 g/mol. The van der Waals surface area contributed by atoms with Crippen LogP contribution >= 0.6 is 0 Å². The van der Waals surface area contributed by atoms with Gasteiger partial charge in [0.25, 0.3) is 5.91 Å². The Balaban J connectivity index is 1.81. The van der Waals surface area contributed by atoms with E-state index in [0.717, 1.165) is 25.0 Å². The van der Waals surface area contributed by atoms with Crippen molar-refractivity contribution in [3.05, 3.63) is 35.4 Å². The maximum atomic E-state index is 13.4. The van der Waals surface area contributed by atoms with Crippen LogP contribution in [0.15, 0.2) is 18.2 Å². The number of carbonyl (C=O) groups excluding carboxylic acids is 2. The van der Waals surface area contributed by atoms with E-state index in [1.807, 2.05) is 0 Å². The molecule has 0 atom stereocenters. The molecule has 0 aliphatic heterocycles. The molecule has 0 heterocycles. The van der Waals surface area contributed by atoms with E-state index in [2.05, 4.69) is 16.7 Å². The second-order valence-electron chi connectivity index (χ2n) is 5.58. The molecule has 0 bridgehead atoms. The average Bonchev–Trinajstić information content (AvgIpc) is 2.96. The highest BCUT2D eigenvalue weighted by Gasteiger charge is 2.35. The quantitative estimate of drug-likeness (QED) is 0.870. The number of nitriles is 1. The zero-order valence-electron chi connectivity index (χ0n) is 12.5. The molecule has 23 heavy (non-hydrogen) atoms. The first-order chi connectivity index (χ1) is 11.0. The van der Waals surface area contributed by atoms with Gasteiger partial charge in [-0.25, -0.2) is 8.78 Å². The third kappa shape index (κ3) is 4.25. The fraction of sp³-hybridized carbons (Fsp3) is 0.438.